The van der Waals surface area contributed by atoms with Crippen LogP contribution in [0.5, 0.6) is 5.75 Å². The van der Waals surface area contributed by atoms with E-state index in [1.807, 2.05) is 6.92 Å². The molecule has 0 radical (unpaired) electrons. The Hall–Kier alpha value is -2.31. The van der Waals surface area contributed by atoms with Crippen LogP contribution >= 0.6 is 11.6 Å². The summed E-state index contributed by atoms with van der Waals surface area (Å²) in [5.41, 5.74) is 1.45. The summed E-state index contributed by atoms with van der Waals surface area (Å²) in [5.74, 6) is -0.615. The van der Waals surface area contributed by atoms with E-state index >= 15 is 0 Å². The molecule has 2 aromatic carbocycles. The van der Waals surface area contributed by atoms with E-state index in [9.17, 15) is 18.3 Å². The van der Waals surface area contributed by atoms with E-state index < -0.39 is 32.2 Å². The standard InChI is InChI=1S/C20H18ClFN4O4S2/c1-2-30-18-7-16-13(6-17(18)26-20(27)11-8-31(28)32(29)9-11)19(24-10-23-16)25-12-3-4-15(22)14(21)5-12/h3-7,10-11H,2,8-9H2,1H3,(H,26,27)(H,23,24,25). The van der Waals surface area contributed by atoms with Gasteiger partial charge in [-0.3, -0.25) is 4.79 Å². The molecule has 1 aliphatic rings. The number of ether oxygens (including phenoxy) is 1. The van der Waals surface area contributed by atoms with Crippen molar-refractivity contribution in [2.45, 2.75) is 6.92 Å². The quantitative estimate of drug-likeness (QED) is 0.395. The van der Waals surface area contributed by atoms with Crippen LogP contribution in [0.25, 0.3) is 10.9 Å². The van der Waals surface area contributed by atoms with E-state index in [1.165, 1.54) is 24.5 Å². The van der Waals surface area contributed by atoms with Gasteiger partial charge in [-0.25, -0.2) is 14.4 Å². The Balaban J connectivity index is 1.68. The maximum absolute atomic E-state index is 13.5. The third kappa shape index (κ3) is 4.86. The van der Waals surface area contributed by atoms with E-state index in [1.54, 1.807) is 12.1 Å². The van der Waals surface area contributed by atoms with Gasteiger partial charge in [-0.2, -0.15) is 0 Å². The summed E-state index contributed by atoms with van der Waals surface area (Å²) in [6.07, 6.45) is 1.37. The first-order chi connectivity index (χ1) is 15.4. The second-order valence-electron chi connectivity index (χ2n) is 6.90. The van der Waals surface area contributed by atoms with Gasteiger partial charge in [0, 0.05) is 17.1 Å². The van der Waals surface area contributed by atoms with E-state index in [-0.39, 0.29) is 22.4 Å². The van der Waals surface area contributed by atoms with Crippen LogP contribution in [0, 0.1) is 11.7 Å². The molecule has 1 amide bonds. The number of hydrogen-bond donors (Lipinski definition) is 2. The molecule has 0 spiro atoms. The lowest BCUT2D eigenvalue weighted by atomic mass is 10.1. The third-order valence-corrected chi connectivity index (χ3v) is 8.84. The van der Waals surface area contributed by atoms with Crippen LogP contribution in [-0.2, 0) is 25.2 Å². The summed E-state index contributed by atoms with van der Waals surface area (Å²) >= 11 is 5.86. The first-order valence-electron chi connectivity index (χ1n) is 9.57. The topological polar surface area (TPSA) is 122 Å². The van der Waals surface area contributed by atoms with Gasteiger partial charge in [0.25, 0.3) is 0 Å². The van der Waals surface area contributed by atoms with Crippen molar-refractivity contribution in [3.05, 3.63) is 47.5 Å². The highest BCUT2D eigenvalue weighted by Gasteiger charge is 2.45. The molecule has 1 aliphatic heterocycles. The van der Waals surface area contributed by atoms with Crippen LogP contribution < -0.4 is 15.4 Å². The number of carbonyl (C=O) groups excluding carboxylic acids is 1. The van der Waals surface area contributed by atoms with E-state index in [0.29, 0.717) is 40.5 Å². The van der Waals surface area contributed by atoms with Gasteiger partial charge >= 0.3 is 0 Å². The number of aromatic nitrogens is 2. The molecule has 4 rings (SSSR count). The van der Waals surface area contributed by atoms with E-state index in [0.717, 1.165) is 0 Å². The fraction of sp³-hybridized carbons (Fsp3) is 0.250. The molecular weight excluding hydrogens is 479 g/mol. The maximum Gasteiger partial charge on any atom is 0.237 e. The SMILES string of the molecule is CCOc1cc2ncnc(Nc3ccc(F)c(Cl)c3)c2cc1NC(=O)C1C[S+]([O-])[S+]([O-])C1. The van der Waals surface area contributed by atoms with Crippen LogP contribution in [0.4, 0.5) is 21.6 Å². The van der Waals surface area contributed by atoms with Gasteiger partial charge in [0.2, 0.25) is 5.91 Å². The monoisotopic (exact) mass is 496 g/mol. The minimum atomic E-state index is -1.52. The van der Waals surface area contributed by atoms with E-state index in [2.05, 4.69) is 20.6 Å². The molecule has 2 N–H and O–H groups in total. The highest BCUT2D eigenvalue weighted by Crippen LogP contribution is 2.34. The Kier molecular flexibility index (Phi) is 6.91. The lowest BCUT2D eigenvalue weighted by Gasteiger charge is -2.15. The molecule has 12 heteroatoms. The molecule has 0 saturated carbocycles. The first kappa shape index (κ1) is 22.9. The van der Waals surface area contributed by atoms with Gasteiger partial charge in [0.05, 0.1) is 22.8 Å². The number of rotatable bonds is 6. The van der Waals surface area contributed by atoms with Crippen molar-refractivity contribution in [1.29, 1.82) is 0 Å². The third-order valence-electron chi connectivity index (χ3n) is 4.73. The smallest absolute Gasteiger partial charge is 0.237 e. The zero-order valence-electron chi connectivity index (χ0n) is 16.8. The van der Waals surface area contributed by atoms with Crippen molar-refractivity contribution in [1.82, 2.24) is 9.97 Å². The van der Waals surface area contributed by atoms with Crippen molar-refractivity contribution >= 4 is 66.0 Å². The number of fused-ring (bicyclic) bond motifs is 1. The number of halogens is 2. The Morgan fingerprint density at radius 1 is 1.25 bits per heavy atom. The highest BCUT2D eigenvalue weighted by atomic mass is 35.5. The molecule has 1 fully saturated rings. The normalized spacial score (nSPS) is 20.3. The van der Waals surface area contributed by atoms with Crippen LogP contribution in [-0.4, -0.2) is 43.1 Å². The van der Waals surface area contributed by atoms with Gasteiger partial charge < -0.3 is 24.5 Å². The Labute approximate surface area is 193 Å². The number of carbonyl (C=O) groups is 1. The average molecular weight is 497 g/mol. The fourth-order valence-electron chi connectivity index (χ4n) is 3.18. The first-order valence-corrected chi connectivity index (χ1v) is 13.1. The van der Waals surface area contributed by atoms with Crippen LogP contribution in [0.2, 0.25) is 5.02 Å². The highest BCUT2D eigenvalue weighted by molar-refractivity contribution is 8.67. The predicted octanol–water partition coefficient (Wildman–Crippen LogP) is 3.55. The Morgan fingerprint density at radius 3 is 2.69 bits per heavy atom. The minimum Gasteiger partial charge on any atom is -0.571 e. The summed E-state index contributed by atoms with van der Waals surface area (Å²) in [4.78, 5) is 21.2. The fourth-order valence-corrected chi connectivity index (χ4v) is 6.91. The van der Waals surface area contributed by atoms with E-state index in [4.69, 9.17) is 16.3 Å². The van der Waals surface area contributed by atoms with Gasteiger partial charge in [-0.15, -0.1) is 0 Å². The molecule has 2 unspecified atom stereocenters. The summed E-state index contributed by atoms with van der Waals surface area (Å²) in [6.45, 7) is 2.17. The second kappa shape index (κ2) is 9.67. The van der Waals surface area contributed by atoms with Crippen molar-refractivity contribution in [2.75, 3.05) is 28.7 Å². The van der Waals surface area contributed by atoms with Crippen molar-refractivity contribution in [2.24, 2.45) is 5.92 Å². The number of nitrogens with zero attached hydrogens (tertiary/aromatic N) is 2. The minimum absolute atomic E-state index is 0.0358. The molecule has 32 heavy (non-hydrogen) atoms. The largest absolute Gasteiger partial charge is 0.571 e. The molecule has 0 aliphatic carbocycles. The van der Waals surface area contributed by atoms with Crippen molar-refractivity contribution in [3.63, 3.8) is 0 Å². The Morgan fingerprint density at radius 2 is 2.00 bits per heavy atom. The number of benzene rings is 2. The van der Waals surface area contributed by atoms with Gasteiger partial charge in [-0.05, 0) is 31.2 Å². The molecule has 168 valence electrons. The molecule has 1 aromatic heterocycles. The van der Waals surface area contributed by atoms with Gasteiger partial charge in [-0.1, -0.05) is 11.6 Å². The zero-order valence-corrected chi connectivity index (χ0v) is 19.2. The number of anilines is 3. The van der Waals surface area contributed by atoms with Crippen LogP contribution in [0.1, 0.15) is 6.92 Å². The lowest BCUT2D eigenvalue weighted by molar-refractivity contribution is -0.118. The average Bonchev–Trinajstić information content (AvgIpc) is 3.10. The molecule has 2 heterocycles. The van der Waals surface area contributed by atoms with Crippen molar-refractivity contribution < 1.29 is 23.0 Å². The Bertz CT molecular complexity index is 1160. The lowest BCUT2D eigenvalue weighted by Crippen LogP contribution is -2.26. The molecular formula is C20H18ClFN4O4S2. The second-order valence-corrected chi connectivity index (χ2v) is 11.4. The summed E-state index contributed by atoms with van der Waals surface area (Å²) in [5, 5.41) is 6.41. The molecule has 2 atom stereocenters. The van der Waals surface area contributed by atoms with Crippen LogP contribution in [0.15, 0.2) is 36.7 Å². The number of hydrogen-bond acceptors (Lipinski definition) is 7. The van der Waals surface area contributed by atoms with Crippen LogP contribution in [0.3, 0.4) is 0 Å². The summed E-state index contributed by atoms with van der Waals surface area (Å²) in [7, 11) is -3.05. The molecule has 3 aromatic rings. The summed E-state index contributed by atoms with van der Waals surface area (Å²) in [6, 6.07) is 7.52. The zero-order chi connectivity index (χ0) is 22.8. The number of amides is 1. The molecule has 1 saturated heterocycles. The molecule has 8 nitrogen and oxygen atoms in total. The summed E-state index contributed by atoms with van der Waals surface area (Å²) < 4.78 is 42.5. The number of nitrogens with one attached hydrogen (secondary N) is 2. The van der Waals surface area contributed by atoms with Gasteiger partial charge in [0.1, 0.15) is 29.6 Å². The maximum atomic E-state index is 13.5. The molecule has 0 bridgehead atoms. The predicted molar refractivity (Wildman–Crippen MR) is 124 cm³/mol. The van der Waals surface area contributed by atoms with Gasteiger partial charge in [0.15, 0.2) is 31.9 Å². The van der Waals surface area contributed by atoms with Crippen molar-refractivity contribution in [3.8, 4) is 5.75 Å².